The fraction of sp³-hybridized carbons (Fsp3) is 0.235. The zero-order chi connectivity index (χ0) is 15.2. The first kappa shape index (κ1) is 15.4. The van der Waals surface area contributed by atoms with Crippen molar-refractivity contribution in [2.45, 2.75) is 25.8 Å². The SMILES string of the molecule is CC(CCc1ccccc1)NC(=O)c1cc(N)cc(Cl)c1. The van der Waals surface area contributed by atoms with Gasteiger partial charge in [0.05, 0.1) is 0 Å². The molecule has 0 aliphatic carbocycles. The number of halogens is 1. The molecule has 1 amide bonds. The maximum Gasteiger partial charge on any atom is 0.251 e. The standard InChI is InChI=1S/C17H19ClN2O/c1-12(7-8-13-5-3-2-4-6-13)20-17(21)14-9-15(18)11-16(19)10-14/h2-6,9-12H,7-8,19H2,1H3,(H,20,21). The van der Waals surface area contributed by atoms with Gasteiger partial charge in [-0.2, -0.15) is 0 Å². The van der Waals surface area contributed by atoms with Gasteiger partial charge in [-0.25, -0.2) is 0 Å². The molecule has 0 bridgehead atoms. The third kappa shape index (κ3) is 4.80. The van der Waals surface area contributed by atoms with E-state index in [1.165, 1.54) is 5.56 Å². The molecule has 3 N–H and O–H groups in total. The third-order valence-corrected chi connectivity index (χ3v) is 3.49. The lowest BCUT2D eigenvalue weighted by atomic mass is 10.1. The van der Waals surface area contributed by atoms with E-state index in [2.05, 4.69) is 17.4 Å². The second-order valence-corrected chi connectivity index (χ2v) is 5.61. The van der Waals surface area contributed by atoms with Crippen LogP contribution in [0.5, 0.6) is 0 Å². The van der Waals surface area contributed by atoms with E-state index in [0.29, 0.717) is 16.3 Å². The van der Waals surface area contributed by atoms with Gasteiger partial charge < -0.3 is 11.1 Å². The van der Waals surface area contributed by atoms with Crippen molar-refractivity contribution in [2.24, 2.45) is 0 Å². The second kappa shape index (κ2) is 7.14. The molecule has 0 saturated heterocycles. The number of carbonyl (C=O) groups is 1. The Hall–Kier alpha value is -2.00. The minimum absolute atomic E-state index is 0.0814. The van der Waals surface area contributed by atoms with Crippen molar-refractivity contribution in [3.8, 4) is 0 Å². The van der Waals surface area contributed by atoms with Crippen LogP contribution in [-0.2, 0) is 6.42 Å². The first-order chi connectivity index (χ1) is 10.0. The van der Waals surface area contributed by atoms with E-state index in [1.54, 1.807) is 18.2 Å². The molecule has 2 aromatic rings. The van der Waals surface area contributed by atoms with Crippen molar-refractivity contribution in [2.75, 3.05) is 5.73 Å². The summed E-state index contributed by atoms with van der Waals surface area (Å²) in [6.45, 7) is 1.99. The molecule has 0 aliphatic rings. The van der Waals surface area contributed by atoms with Crippen LogP contribution in [-0.4, -0.2) is 11.9 Å². The fourth-order valence-electron chi connectivity index (χ4n) is 2.15. The van der Waals surface area contributed by atoms with Crippen molar-refractivity contribution in [3.63, 3.8) is 0 Å². The molecule has 0 aliphatic heterocycles. The van der Waals surface area contributed by atoms with Crippen molar-refractivity contribution < 1.29 is 4.79 Å². The van der Waals surface area contributed by atoms with Gasteiger partial charge in [0.15, 0.2) is 0 Å². The molecule has 21 heavy (non-hydrogen) atoms. The monoisotopic (exact) mass is 302 g/mol. The van der Waals surface area contributed by atoms with Crippen LogP contribution >= 0.6 is 11.6 Å². The molecule has 0 radical (unpaired) electrons. The summed E-state index contributed by atoms with van der Waals surface area (Å²) in [6, 6.07) is 15.2. The number of nitrogen functional groups attached to an aromatic ring is 1. The van der Waals surface area contributed by atoms with Crippen LogP contribution in [0.2, 0.25) is 5.02 Å². The number of benzene rings is 2. The third-order valence-electron chi connectivity index (χ3n) is 3.27. The van der Waals surface area contributed by atoms with Crippen LogP contribution in [0.25, 0.3) is 0 Å². The summed E-state index contributed by atoms with van der Waals surface area (Å²) >= 11 is 5.91. The maximum absolute atomic E-state index is 12.1. The Balaban J connectivity index is 1.90. The first-order valence-electron chi connectivity index (χ1n) is 6.95. The molecule has 0 heterocycles. The first-order valence-corrected chi connectivity index (χ1v) is 7.33. The van der Waals surface area contributed by atoms with Gasteiger partial charge in [0, 0.05) is 22.3 Å². The number of amides is 1. The quantitative estimate of drug-likeness (QED) is 0.828. The largest absolute Gasteiger partial charge is 0.399 e. The summed E-state index contributed by atoms with van der Waals surface area (Å²) in [7, 11) is 0. The number of hydrogen-bond donors (Lipinski definition) is 2. The van der Waals surface area contributed by atoms with Gasteiger partial charge in [-0.3, -0.25) is 4.79 Å². The lowest BCUT2D eigenvalue weighted by molar-refractivity contribution is 0.0938. The van der Waals surface area contributed by atoms with E-state index < -0.39 is 0 Å². The number of nitrogens with two attached hydrogens (primary N) is 1. The number of nitrogens with one attached hydrogen (secondary N) is 1. The van der Waals surface area contributed by atoms with Crippen LogP contribution in [0.15, 0.2) is 48.5 Å². The smallest absolute Gasteiger partial charge is 0.251 e. The Bertz CT molecular complexity index is 593. The highest BCUT2D eigenvalue weighted by Gasteiger charge is 2.11. The summed E-state index contributed by atoms with van der Waals surface area (Å²) in [6.07, 6.45) is 1.81. The molecule has 0 aromatic heterocycles. The van der Waals surface area contributed by atoms with E-state index in [-0.39, 0.29) is 11.9 Å². The van der Waals surface area contributed by atoms with Crippen molar-refractivity contribution >= 4 is 23.2 Å². The molecule has 2 aromatic carbocycles. The average Bonchev–Trinajstić information content (AvgIpc) is 2.45. The van der Waals surface area contributed by atoms with Gasteiger partial charge in [-0.1, -0.05) is 41.9 Å². The maximum atomic E-state index is 12.1. The Morgan fingerprint density at radius 3 is 2.62 bits per heavy atom. The molecular weight excluding hydrogens is 284 g/mol. The van der Waals surface area contributed by atoms with Crippen LogP contribution in [0.4, 0.5) is 5.69 Å². The fourth-order valence-corrected chi connectivity index (χ4v) is 2.39. The summed E-state index contributed by atoms with van der Waals surface area (Å²) < 4.78 is 0. The van der Waals surface area contributed by atoms with Gasteiger partial charge in [0.1, 0.15) is 0 Å². The average molecular weight is 303 g/mol. The van der Waals surface area contributed by atoms with Crippen molar-refractivity contribution in [3.05, 3.63) is 64.7 Å². The topological polar surface area (TPSA) is 55.1 Å². The molecule has 2 rings (SSSR count). The number of anilines is 1. The van der Waals surface area contributed by atoms with Gasteiger partial charge in [0.2, 0.25) is 0 Å². The van der Waals surface area contributed by atoms with E-state index >= 15 is 0 Å². The predicted molar refractivity (Wildman–Crippen MR) is 87.6 cm³/mol. The van der Waals surface area contributed by atoms with Gasteiger partial charge in [0.25, 0.3) is 5.91 Å². The Morgan fingerprint density at radius 1 is 1.24 bits per heavy atom. The Labute approximate surface area is 130 Å². The number of rotatable bonds is 5. The second-order valence-electron chi connectivity index (χ2n) is 5.17. The molecule has 110 valence electrons. The lowest BCUT2D eigenvalue weighted by Gasteiger charge is -2.14. The Kier molecular flexibility index (Phi) is 5.23. The molecule has 0 saturated carbocycles. The van der Waals surface area contributed by atoms with Gasteiger partial charge >= 0.3 is 0 Å². The highest BCUT2D eigenvalue weighted by Crippen LogP contribution is 2.16. The van der Waals surface area contributed by atoms with Crippen LogP contribution in [0.3, 0.4) is 0 Å². The predicted octanol–water partition coefficient (Wildman–Crippen LogP) is 3.67. The van der Waals surface area contributed by atoms with E-state index in [1.807, 2.05) is 25.1 Å². The van der Waals surface area contributed by atoms with Crippen LogP contribution < -0.4 is 11.1 Å². The lowest BCUT2D eigenvalue weighted by Crippen LogP contribution is -2.32. The molecule has 0 spiro atoms. The van der Waals surface area contributed by atoms with E-state index in [4.69, 9.17) is 17.3 Å². The van der Waals surface area contributed by atoms with E-state index in [0.717, 1.165) is 12.8 Å². The summed E-state index contributed by atoms with van der Waals surface area (Å²) in [5.74, 6) is -0.148. The Morgan fingerprint density at radius 2 is 1.95 bits per heavy atom. The number of hydrogen-bond acceptors (Lipinski definition) is 2. The molecular formula is C17H19ClN2O. The normalized spacial score (nSPS) is 11.9. The number of carbonyl (C=O) groups excluding carboxylic acids is 1. The molecule has 3 nitrogen and oxygen atoms in total. The zero-order valence-corrected chi connectivity index (χ0v) is 12.7. The molecule has 1 unspecified atom stereocenters. The van der Waals surface area contributed by atoms with Crippen molar-refractivity contribution in [1.82, 2.24) is 5.32 Å². The van der Waals surface area contributed by atoms with Crippen molar-refractivity contribution in [1.29, 1.82) is 0 Å². The minimum atomic E-state index is -0.148. The summed E-state index contributed by atoms with van der Waals surface area (Å²) in [4.78, 5) is 12.1. The highest BCUT2D eigenvalue weighted by atomic mass is 35.5. The molecule has 1 atom stereocenters. The summed E-state index contributed by atoms with van der Waals surface area (Å²) in [5, 5.41) is 3.44. The zero-order valence-electron chi connectivity index (χ0n) is 12.0. The molecule has 0 fully saturated rings. The van der Waals surface area contributed by atoms with Crippen LogP contribution in [0, 0.1) is 0 Å². The van der Waals surface area contributed by atoms with Gasteiger partial charge in [-0.15, -0.1) is 0 Å². The summed E-state index contributed by atoms with van der Waals surface area (Å²) in [5.41, 5.74) is 7.95. The number of aryl methyl sites for hydroxylation is 1. The highest BCUT2D eigenvalue weighted by molar-refractivity contribution is 6.31. The van der Waals surface area contributed by atoms with Gasteiger partial charge in [-0.05, 0) is 43.5 Å². The minimum Gasteiger partial charge on any atom is -0.399 e. The molecule has 4 heteroatoms. The van der Waals surface area contributed by atoms with Crippen LogP contribution in [0.1, 0.15) is 29.3 Å². The van der Waals surface area contributed by atoms with E-state index in [9.17, 15) is 4.79 Å².